The first-order valence-electron chi connectivity index (χ1n) is 8.19. The predicted octanol–water partition coefficient (Wildman–Crippen LogP) is 1.34. The lowest BCUT2D eigenvalue weighted by Crippen LogP contribution is -2.35. The Morgan fingerprint density at radius 2 is 1.96 bits per heavy atom. The lowest BCUT2D eigenvalue weighted by molar-refractivity contribution is 0.0948. The van der Waals surface area contributed by atoms with E-state index in [0.29, 0.717) is 13.1 Å². The van der Waals surface area contributed by atoms with Crippen molar-refractivity contribution in [2.45, 2.75) is 37.6 Å². The highest BCUT2D eigenvalue weighted by atomic mass is 32.2. The van der Waals surface area contributed by atoms with Crippen molar-refractivity contribution in [1.82, 2.24) is 14.9 Å². The average Bonchev–Trinajstić information content (AvgIpc) is 3.35. The molecule has 0 bridgehead atoms. The SMILES string of the molecule is CCN(CC)CCNC(=O)c1ccc(F)c(S(=O)(=O)NC2CC2)c1. The Morgan fingerprint density at radius 3 is 2.54 bits per heavy atom. The standard InChI is InChI=1S/C16H24FN3O3S/c1-3-20(4-2)10-9-18-16(21)12-5-8-14(17)15(11-12)24(22,23)19-13-6-7-13/h5,8,11,13,19H,3-4,6-7,9-10H2,1-2H3,(H,18,21). The van der Waals surface area contributed by atoms with Gasteiger partial charge in [0.2, 0.25) is 10.0 Å². The third kappa shape index (κ3) is 4.99. The van der Waals surface area contributed by atoms with Crippen LogP contribution in [0.25, 0.3) is 0 Å². The van der Waals surface area contributed by atoms with Gasteiger partial charge in [-0.05, 0) is 44.1 Å². The lowest BCUT2D eigenvalue weighted by atomic mass is 10.2. The van der Waals surface area contributed by atoms with Gasteiger partial charge in [-0.1, -0.05) is 13.8 Å². The molecular weight excluding hydrogens is 333 g/mol. The van der Waals surface area contributed by atoms with Crippen LogP contribution in [0.5, 0.6) is 0 Å². The van der Waals surface area contributed by atoms with E-state index in [1.807, 2.05) is 13.8 Å². The smallest absolute Gasteiger partial charge is 0.251 e. The Morgan fingerprint density at radius 1 is 1.29 bits per heavy atom. The number of benzene rings is 1. The molecule has 0 aromatic heterocycles. The number of amides is 1. The van der Waals surface area contributed by atoms with Crippen LogP contribution in [0, 0.1) is 5.82 Å². The molecule has 0 radical (unpaired) electrons. The number of halogens is 1. The van der Waals surface area contributed by atoms with Gasteiger partial charge in [-0.2, -0.15) is 0 Å². The summed E-state index contributed by atoms with van der Waals surface area (Å²) in [7, 11) is -3.94. The van der Waals surface area contributed by atoms with Crippen LogP contribution in [0.3, 0.4) is 0 Å². The first-order chi connectivity index (χ1) is 11.4. The summed E-state index contributed by atoms with van der Waals surface area (Å²) >= 11 is 0. The first-order valence-corrected chi connectivity index (χ1v) is 9.68. The van der Waals surface area contributed by atoms with Crippen molar-refractivity contribution >= 4 is 15.9 Å². The van der Waals surface area contributed by atoms with Gasteiger partial charge in [0.15, 0.2) is 0 Å². The van der Waals surface area contributed by atoms with E-state index in [9.17, 15) is 17.6 Å². The molecule has 1 fully saturated rings. The maximum atomic E-state index is 13.9. The van der Waals surface area contributed by atoms with Crippen molar-refractivity contribution < 1.29 is 17.6 Å². The van der Waals surface area contributed by atoms with E-state index in [1.54, 1.807) is 0 Å². The van der Waals surface area contributed by atoms with Crippen LogP contribution in [0.15, 0.2) is 23.1 Å². The van der Waals surface area contributed by atoms with Crippen LogP contribution < -0.4 is 10.0 Å². The molecule has 0 spiro atoms. The normalized spacial score (nSPS) is 14.8. The second-order valence-corrected chi connectivity index (χ2v) is 7.51. The van der Waals surface area contributed by atoms with Gasteiger partial charge < -0.3 is 10.2 Å². The minimum atomic E-state index is -3.94. The maximum Gasteiger partial charge on any atom is 0.251 e. The van der Waals surface area contributed by atoms with Crippen molar-refractivity contribution in [3.63, 3.8) is 0 Å². The van der Waals surface area contributed by atoms with Crippen LogP contribution in [0.1, 0.15) is 37.0 Å². The molecule has 0 heterocycles. The van der Waals surface area contributed by atoms with Crippen LogP contribution in [0.2, 0.25) is 0 Å². The molecule has 6 nitrogen and oxygen atoms in total. The quantitative estimate of drug-likeness (QED) is 0.699. The highest BCUT2D eigenvalue weighted by Crippen LogP contribution is 2.23. The summed E-state index contributed by atoms with van der Waals surface area (Å²) in [6, 6.07) is 3.27. The summed E-state index contributed by atoms with van der Waals surface area (Å²) in [5, 5.41) is 2.73. The van der Waals surface area contributed by atoms with Gasteiger partial charge >= 0.3 is 0 Å². The van der Waals surface area contributed by atoms with Crippen molar-refractivity contribution in [2.75, 3.05) is 26.2 Å². The highest BCUT2D eigenvalue weighted by Gasteiger charge is 2.30. The zero-order valence-corrected chi connectivity index (χ0v) is 14.8. The Labute approximate surface area is 142 Å². The van der Waals surface area contributed by atoms with E-state index >= 15 is 0 Å². The Hall–Kier alpha value is -1.51. The molecule has 8 heteroatoms. The van der Waals surface area contributed by atoms with Crippen LogP contribution in [0.4, 0.5) is 4.39 Å². The van der Waals surface area contributed by atoms with E-state index in [-0.39, 0.29) is 11.6 Å². The average molecular weight is 357 g/mol. The van der Waals surface area contributed by atoms with Crippen LogP contribution in [-0.4, -0.2) is 51.4 Å². The fraction of sp³-hybridized carbons (Fsp3) is 0.562. The van der Waals surface area contributed by atoms with E-state index in [0.717, 1.165) is 38.1 Å². The number of likely N-dealkylation sites (N-methyl/N-ethyl adjacent to an activating group) is 1. The Balaban J connectivity index is 2.05. The van der Waals surface area contributed by atoms with Gasteiger partial charge in [0.25, 0.3) is 5.91 Å². The van der Waals surface area contributed by atoms with Crippen molar-refractivity contribution in [2.24, 2.45) is 0 Å². The molecule has 0 atom stereocenters. The fourth-order valence-electron chi connectivity index (χ4n) is 2.30. The molecule has 0 unspecified atom stereocenters. The van der Waals surface area contributed by atoms with E-state index in [1.165, 1.54) is 6.07 Å². The summed E-state index contributed by atoms with van der Waals surface area (Å²) in [6.45, 7) is 7.00. The number of hydrogen-bond donors (Lipinski definition) is 2. The molecule has 134 valence electrons. The van der Waals surface area contributed by atoms with Gasteiger partial charge in [-0.25, -0.2) is 17.5 Å². The molecule has 1 saturated carbocycles. The van der Waals surface area contributed by atoms with Crippen molar-refractivity contribution in [3.8, 4) is 0 Å². The third-order valence-corrected chi connectivity index (χ3v) is 5.53. The van der Waals surface area contributed by atoms with Crippen molar-refractivity contribution in [1.29, 1.82) is 0 Å². The lowest BCUT2D eigenvalue weighted by Gasteiger charge is -2.18. The number of carbonyl (C=O) groups is 1. The second kappa shape index (κ2) is 8.04. The molecule has 2 rings (SSSR count). The molecule has 1 aliphatic carbocycles. The number of hydrogen-bond acceptors (Lipinski definition) is 4. The van der Waals surface area contributed by atoms with Crippen LogP contribution in [-0.2, 0) is 10.0 Å². The number of nitrogens with one attached hydrogen (secondary N) is 2. The molecule has 0 aliphatic heterocycles. The van der Waals surface area contributed by atoms with Gasteiger partial charge in [-0.3, -0.25) is 4.79 Å². The van der Waals surface area contributed by atoms with Gasteiger partial charge in [-0.15, -0.1) is 0 Å². The predicted molar refractivity (Wildman–Crippen MR) is 89.9 cm³/mol. The monoisotopic (exact) mass is 357 g/mol. The number of carbonyl (C=O) groups excluding carboxylic acids is 1. The third-order valence-electron chi connectivity index (χ3n) is 3.99. The Kier molecular flexibility index (Phi) is 6.31. The summed E-state index contributed by atoms with van der Waals surface area (Å²) in [4.78, 5) is 13.8. The molecular formula is C16H24FN3O3S. The molecule has 1 aromatic carbocycles. The van der Waals surface area contributed by atoms with E-state index in [4.69, 9.17) is 0 Å². The van der Waals surface area contributed by atoms with E-state index < -0.39 is 26.6 Å². The topological polar surface area (TPSA) is 78.5 Å². The van der Waals surface area contributed by atoms with E-state index in [2.05, 4.69) is 14.9 Å². The summed E-state index contributed by atoms with van der Waals surface area (Å²) in [5.74, 6) is -1.27. The zero-order chi connectivity index (χ0) is 17.7. The molecule has 24 heavy (non-hydrogen) atoms. The molecule has 0 saturated heterocycles. The zero-order valence-electron chi connectivity index (χ0n) is 14.0. The molecule has 1 aliphatic rings. The number of nitrogens with zero attached hydrogens (tertiary/aromatic N) is 1. The van der Waals surface area contributed by atoms with Crippen LogP contribution >= 0.6 is 0 Å². The molecule has 1 amide bonds. The largest absolute Gasteiger partial charge is 0.351 e. The minimum absolute atomic E-state index is 0.124. The van der Waals surface area contributed by atoms with Gasteiger partial charge in [0, 0.05) is 24.7 Å². The number of sulfonamides is 1. The fourth-order valence-corrected chi connectivity index (χ4v) is 3.71. The second-order valence-electron chi connectivity index (χ2n) is 5.82. The number of rotatable bonds is 9. The molecule has 2 N–H and O–H groups in total. The maximum absolute atomic E-state index is 13.9. The highest BCUT2D eigenvalue weighted by molar-refractivity contribution is 7.89. The van der Waals surface area contributed by atoms with Gasteiger partial charge in [0.1, 0.15) is 10.7 Å². The minimum Gasteiger partial charge on any atom is -0.351 e. The van der Waals surface area contributed by atoms with Gasteiger partial charge in [0.05, 0.1) is 0 Å². The first kappa shape index (κ1) is 18.8. The molecule has 1 aromatic rings. The summed E-state index contributed by atoms with van der Waals surface area (Å²) in [5.41, 5.74) is 0.132. The van der Waals surface area contributed by atoms with Crippen molar-refractivity contribution in [3.05, 3.63) is 29.6 Å². The summed E-state index contributed by atoms with van der Waals surface area (Å²) < 4.78 is 40.7. The Bertz CT molecular complexity index is 686. The summed E-state index contributed by atoms with van der Waals surface area (Å²) in [6.07, 6.45) is 1.51.